The van der Waals surface area contributed by atoms with Gasteiger partial charge < -0.3 is 15.0 Å². The number of nitrogens with one attached hydrogen (secondary N) is 1. The second-order valence-corrected chi connectivity index (χ2v) is 8.11. The Kier molecular flexibility index (Phi) is 3.35. The van der Waals surface area contributed by atoms with E-state index in [4.69, 9.17) is 0 Å². The number of carbonyl (C=O) groups excluding carboxylic acids is 2. The Labute approximate surface area is 157 Å². The molecule has 5 rings (SSSR count). The van der Waals surface area contributed by atoms with Gasteiger partial charge in [-0.1, -0.05) is 29.8 Å². The minimum atomic E-state index is -1.83. The Morgan fingerprint density at radius 1 is 1.30 bits per heavy atom. The van der Waals surface area contributed by atoms with Gasteiger partial charge in [-0.3, -0.25) is 14.5 Å². The molecule has 3 aliphatic rings. The fourth-order valence-corrected chi connectivity index (χ4v) is 4.98. The molecule has 4 heterocycles. The third kappa shape index (κ3) is 2.10. The number of H-pyrrole nitrogens is 1. The van der Waals surface area contributed by atoms with Crippen molar-refractivity contribution >= 4 is 22.7 Å². The smallest absolute Gasteiger partial charge is 0.277 e. The summed E-state index contributed by atoms with van der Waals surface area (Å²) in [4.78, 5) is 33.1. The number of allylic oxidation sites excluding steroid dienone is 1. The average molecular weight is 365 g/mol. The Morgan fingerprint density at radius 2 is 2.07 bits per heavy atom. The van der Waals surface area contributed by atoms with Crippen molar-refractivity contribution < 1.29 is 14.7 Å². The molecule has 140 valence electrons. The van der Waals surface area contributed by atoms with Crippen molar-refractivity contribution in [2.45, 2.75) is 50.9 Å². The largest absolute Gasteiger partial charge is 0.363 e. The van der Waals surface area contributed by atoms with Crippen molar-refractivity contribution in [1.29, 1.82) is 0 Å². The monoisotopic (exact) mass is 365 g/mol. The van der Waals surface area contributed by atoms with E-state index in [0.29, 0.717) is 13.0 Å². The molecule has 1 unspecified atom stereocenters. The first-order chi connectivity index (χ1) is 12.9. The predicted octanol–water partition coefficient (Wildman–Crippen LogP) is 2.25. The number of aromatic amines is 1. The third-order valence-corrected chi connectivity index (χ3v) is 6.11. The molecule has 0 saturated carbocycles. The van der Waals surface area contributed by atoms with Gasteiger partial charge in [-0.25, -0.2) is 0 Å². The zero-order valence-electron chi connectivity index (χ0n) is 15.5. The highest BCUT2D eigenvalue weighted by Crippen LogP contribution is 2.46. The highest BCUT2D eigenvalue weighted by atomic mass is 16.3. The van der Waals surface area contributed by atoms with E-state index in [-0.39, 0.29) is 18.2 Å². The highest BCUT2D eigenvalue weighted by Gasteiger charge is 2.61. The predicted molar refractivity (Wildman–Crippen MR) is 101 cm³/mol. The zero-order chi connectivity index (χ0) is 18.9. The van der Waals surface area contributed by atoms with Crippen LogP contribution in [0.15, 0.2) is 35.9 Å². The first kappa shape index (κ1) is 16.6. The molecule has 2 saturated heterocycles. The quantitative estimate of drug-likeness (QED) is 0.761. The fraction of sp³-hybridized carbons (Fsp3) is 0.429. The number of para-hydroxylation sites is 1. The van der Waals surface area contributed by atoms with E-state index in [0.717, 1.165) is 34.2 Å². The normalized spacial score (nSPS) is 29.6. The summed E-state index contributed by atoms with van der Waals surface area (Å²) in [7, 11) is 0. The Balaban J connectivity index is 1.77. The molecule has 27 heavy (non-hydrogen) atoms. The lowest BCUT2D eigenvalue weighted by Gasteiger charge is -2.52. The van der Waals surface area contributed by atoms with Crippen molar-refractivity contribution in [3.05, 3.63) is 47.2 Å². The molecule has 0 bridgehead atoms. The van der Waals surface area contributed by atoms with E-state index in [1.807, 2.05) is 44.2 Å². The molecule has 2 amide bonds. The van der Waals surface area contributed by atoms with Gasteiger partial charge >= 0.3 is 0 Å². The van der Waals surface area contributed by atoms with Gasteiger partial charge in [0.1, 0.15) is 6.04 Å². The van der Waals surface area contributed by atoms with Crippen LogP contribution < -0.4 is 0 Å². The average Bonchev–Trinajstić information content (AvgIpc) is 3.24. The molecule has 0 spiro atoms. The van der Waals surface area contributed by atoms with Gasteiger partial charge in [-0.15, -0.1) is 0 Å². The number of aromatic nitrogens is 1. The van der Waals surface area contributed by atoms with E-state index in [1.54, 1.807) is 4.90 Å². The van der Waals surface area contributed by atoms with Crippen LogP contribution in [0.2, 0.25) is 0 Å². The van der Waals surface area contributed by atoms with Gasteiger partial charge in [0, 0.05) is 29.6 Å². The van der Waals surface area contributed by atoms with Crippen LogP contribution in [0.5, 0.6) is 0 Å². The summed E-state index contributed by atoms with van der Waals surface area (Å²) in [5.41, 5.74) is 1.98. The lowest BCUT2D eigenvalue weighted by atomic mass is 9.84. The van der Waals surface area contributed by atoms with Gasteiger partial charge in [-0.2, -0.15) is 0 Å². The Hall–Kier alpha value is -2.60. The lowest BCUT2D eigenvalue weighted by molar-refractivity contribution is -0.203. The van der Waals surface area contributed by atoms with Crippen LogP contribution in [0.1, 0.15) is 44.0 Å². The van der Waals surface area contributed by atoms with E-state index in [9.17, 15) is 14.7 Å². The van der Waals surface area contributed by atoms with Crippen LogP contribution in [-0.2, 0) is 16.0 Å². The number of rotatable bonds is 1. The number of fused-ring (bicyclic) bond motifs is 5. The minimum Gasteiger partial charge on any atom is -0.363 e. The number of hydrogen-bond donors (Lipinski definition) is 2. The fourth-order valence-electron chi connectivity index (χ4n) is 4.98. The maximum absolute atomic E-state index is 13.3. The first-order valence-electron chi connectivity index (χ1n) is 9.53. The van der Waals surface area contributed by atoms with E-state index >= 15 is 0 Å². The van der Waals surface area contributed by atoms with Crippen LogP contribution >= 0.6 is 0 Å². The molecule has 6 heteroatoms. The summed E-state index contributed by atoms with van der Waals surface area (Å²) in [6.45, 7) is 4.47. The van der Waals surface area contributed by atoms with Crippen LogP contribution in [0, 0.1) is 0 Å². The molecule has 1 aromatic heterocycles. The number of piperazine rings is 1. The number of amides is 2. The van der Waals surface area contributed by atoms with E-state index in [2.05, 4.69) is 4.98 Å². The van der Waals surface area contributed by atoms with Crippen molar-refractivity contribution in [1.82, 2.24) is 14.8 Å². The molecule has 6 nitrogen and oxygen atoms in total. The summed E-state index contributed by atoms with van der Waals surface area (Å²) < 4.78 is 0. The standard InChI is InChI=1S/C21H23N3O3/c1-12(2)10-17-18-14(13-6-3-4-7-15(13)22-18)11-21(27)20(26)23-9-5-8-16(23)19(25)24(17)21/h3-4,6-7,10,16-17,22,27H,5,8-9,11H2,1-2H3/t16-,17-,21?/m0/s1. The lowest BCUT2D eigenvalue weighted by Crippen LogP contribution is -2.72. The number of benzene rings is 1. The molecule has 3 aliphatic heterocycles. The topological polar surface area (TPSA) is 76.6 Å². The SMILES string of the molecule is CC(C)=C[C@H]1c2[nH]c3ccccc3c2CC2(O)C(=O)N3CCC[C@H]3C(=O)N12. The number of aliphatic hydroxyl groups is 1. The second-order valence-electron chi connectivity index (χ2n) is 8.11. The molecule has 2 aromatic rings. The maximum Gasteiger partial charge on any atom is 0.277 e. The van der Waals surface area contributed by atoms with Crippen molar-refractivity contribution in [2.24, 2.45) is 0 Å². The Morgan fingerprint density at radius 3 is 2.85 bits per heavy atom. The van der Waals surface area contributed by atoms with Gasteiger partial charge in [0.05, 0.1) is 6.04 Å². The zero-order valence-corrected chi connectivity index (χ0v) is 15.5. The Bertz CT molecular complexity index is 1000. The van der Waals surface area contributed by atoms with Crippen molar-refractivity contribution in [2.75, 3.05) is 6.54 Å². The molecular weight excluding hydrogens is 342 g/mol. The molecular formula is C21H23N3O3. The third-order valence-electron chi connectivity index (χ3n) is 6.11. The molecule has 3 atom stereocenters. The summed E-state index contributed by atoms with van der Waals surface area (Å²) in [5, 5.41) is 12.6. The van der Waals surface area contributed by atoms with Crippen LogP contribution in [-0.4, -0.2) is 50.0 Å². The van der Waals surface area contributed by atoms with Crippen LogP contribution in [0.3, 0.4) is 0 Å². The first-order valence-corrected chi connectivity index (χ1v) is 9.53. The summed E-state index contributed by atoms with van der Waals surface area (Å²) in [5.74, 6) is -0.492. The van der Waals surface area contributed by atoms with Gasteiger partial charge in [0.2, 0.25) is 11.6 Å². The van der Waals surface area contributed by atoms with Crippen LogP contribution in [0.4, 0.5) is 0 Å². The van der Waals surface area contributed by atoms with Crippen LogP contribution in [0.25, 0.3) is 10.9 Å². The van der Waals surface area contributed by atoms with Gasteiger partial charge in [0.25, 0.3) is 5.91 Å². The summed E-state index contributed by atoms with van der Waals surface area (Å²) in [6, 6.07) is 6.96. The van der Waals surface area contributed by atoms with Gasteiger partial charge in [-0.05, 0) is 38.3 Å². The van der Waals surface area contributed by atoms with Gasteiger partial charge in [0.15, 0.2) is 0 Å². The molecule has 2 fully saturated rings. The second kappa shape index (κ2) is 5.45. The molecule has 1 aromatic carbocycles. The maximum atomic E-state index is 13.3. The van der Waals surface area contributed by atoms with E-state index < -0.39 is 17.8 Å². The van der Waals surface area contributed by atoms with Crippen molar-refractivity contribution in [3.8, 4) is 0 Å². The number of carbonyl (C=O) groups is 2. The number of hydrogen-bond acceptors (Lipinski definition) is 3. The van der Waals surface area contributed by atoms with E-state index in [1.165, 1.54) is 4.90 Å². The molecule has 2 N–H and O–H groups in total. The number of nitrogens with zero attached hydrogens (tertiary/aromatic N) is 2. The summed E-state index contributed by atoms with van der Waals surface area (Å²) >= 11 is 0. The molecule has 0 aliphatic carbocycles. The van der Waals surface area contributed by atoms with Crippen molar-refractivity contribution in [3.63, 3.8) is 0 Å². The highest BCUT2D eigenvalue weighted by molar-refractivity contribution is 6.01. The minimum absolute atomic E-state index is 0.118. The molecule has 0 radical (unpaired) electrons. The summed E-state index contributed by atoms with van der Waals surface area (Å²) in [6.07, 6.45) is 3.55.